The lowest BCUT2D eigenvalue weighted by Gasteiger charge is -2.13. The van der Waals surface area contributed by atoms with Gasteiger partial charge >= 0.3 is 0 Å². The van der Waals surface area contributed by atoms with Crippen molar-refractivity contribution in [1.82, 2.24) is 9.97 Å². The Bertz CT molecular complexity index is 3350. The second kappa shape index (κ2) is 15.6. The summed E-state index contributed by atoms with van der Waals surface area (Å²) in [6, 6.07) is 81.5. The van der Waals surface area contributed by atoms with E-state index in [1.807, 2.05) is 24.3 Å². The quantitative estimate of drug-likeness (QED) is 0.154. The van der Waals surface area contributed by atoms with Crippen LogP contribution in [0.25, 0.3) is 111 Å². The van der Waals surface area contributed by atoms with Gasteiger partial charge in [0.2, 0.25) is 5.71 Å². The van der Waals surface area contributed by atoms with Gasteiger partial charge in [0, 0.05) is 16.5 Å². The Morgan fingerprint density at radius 2 is 0.607 bits per heavy atom. The second-order valence-corrected chi connectivity index (χ2v) is 15.4. The van der Waals surface area contributed by atoms with E-state index >= 15 is 0 Å². The summed E-state index contributed by atoms with van der Waals surface area (Å²) in [5.74, 6) is 0.614. The fourth-order valence-corrected chi connectivity index (χ4v) is 8.42. The highest BCUT2D eigenvalue weighted by Crippen LogP contribution is 2.39. The summed E-state index contributed by atoms with van der Waals surface area (Å²) < 4.78 is 6.43. The molecule has 0 N–H and O–H groups in total. The molecule has 0 aliphatic carbocycles. The van der Waals surface area contributed by atoms with Crippen LogP contribution in [0.15, 0.2) is 235 Å². The number of furan rings is 1. The predicted octanol–water partition coefficient (Wildman–Crippen LogP) is 15.7. The van der Waals surface area contributed by atoms with Gasteiger partial charge in [-0.25, -0.2) is 4.98 Å². The standard InChI is InChI=1S/C58H38N2O/c1-4-16-39(17-5-1)42-22-12-26-46(32-42)51-36-50(41-20-8-3-9-21-41)37-52(38-51)47-27-13-24-44(33-47)45-25-15-29-49(35-45)57-59-56(55-53-30-10-11-31-54(53)61-58(55)60-57)48-28-14-23-43(34-48)40-18-6-2-7-19-40/h1-38H. The first-order valence-corrected chi connectivity index (χ1v) is 20.6. The fourth-order valence-electron chi connectivity index (χ4n) is 8.42. The van der Waals surface area contributed by atoms with E-state index in [1.165, 1.54) is 33.4 Å². The van der Waals surface area contributed by atoms with Crippen LogP contribution in [0.4, 0.5) is 0 Å². The molecule has 3 heteroatoms. The van der Waals surface area contributed by atoms with Crippen LogP contribution < -0.4 is 0 Å². The summed E-state index contributed by atoms with van der Waals surface area (Å²) in [6.45, 7) is 0. The van der Waals surface area contributed by atoms with Crippen LogP contribution in [-0.2, 0) is 0 Å². The number of benzene rings is 9. The van der Waals surface area contributed by atoms with Gasteiger partial charge in [-0.05, 0) is 115 Å². The molecule has 61 heavy (non-hydrogen) atoms. The zero-order valence-electron chi connectivity index (χ0n) is 33.2. The molecule has 2 aromatic heterocycles. The lowest BCUT2D eigenvalue weighted by Crippen LogP contribution is -1.94. The third kappa shape index (κ3) is 7.09. The number of hydrogen-bond acceptors (Lipinski definition) is 3. The molecule has 0 aliphatic heterocycles. The van der Waals surface area contributed by atoms with Crippen LogP contribution in [0, 0.1) is 0 Å². The van der Waals surface area contributed by atoms with Gasteiger partial charge in [-0.15, -0.1) is 0 Å². The minimum Gasteiger partial charge on any atom is -0.438 e. The van der Waals surface area contributed by atoms with E-state index in [2.05, 4.69) is 206 Å². The van der Waals surface area contributed by atoms with Crippen molar-refractivity contribution in [2.24, 2.45) is 0 Å². The summed E-state index contributed by atoms with van der Waals surface area (Å²) in [6.07, 6.45) is 0. The van der Waals surface area contributed by atoms with E-state index in [4.69, 9.17) is 14.4 Å². The molecular formula is C58H38N2O. The van der Waals surface area contributed by atoms with E-state index in [0.717, 1.165) is 66.6 Å². The SMILES string of the molecule is c1ccc(-c2cccc(-c3cc(-c4ccccc4)cc(-c4cccc(-c5cccc(-c6nc(-c7cccc(-c8ccccc8)c7)c7c(n6)oc6ccccc67)c5)c4)c3)c2)cc1. The normalized spacial score (nSPS) is 11.3. The molecule has 286 valence electrons. The molecule has 0 saturated carbocycles. The molecule has 0 amide bonds. The topological polar surface area (TPSA) is 38.9 Å². The number of hydrogen-bond donors (Lipinski definition) is 0. The van der Waals surface area contributed by atoms with Crippen LogP contribution in [0.3, 0.4) is 0 Å². The highest BCUT2D eigenvalue weighted by atomic mass is 16.3. The summed E-state index contributed by atoms with van der Waals surface area (Å²) >= 11 is 0. The van der Waals surface area contributed by atoms with Crippen LogP contribution in [0.1, 0.15) is 0 Å². The molecular weight excluding hydrogens is 741 g/mol. The van der Waals surface area contributed by atoms with Gasteiger partial charge in [-0.2, -0.15) is 4.98 Å². The Morgan fingerprint density at radius 1 is 0.262 bits per heavy atom. The number of rotatable bonds is 8. The zero-order valence-corrected chi connectivity index (χ0v) is 33.2. The molecule has 2 heterocycles. The monoisotopic (exact) mass is 778 g/mol. The molecule has 11 aromatic rings. The molecule has 0 bridgehead atoms. The number of aromatic nitrogens is 2. The lowest BCUT2D eigenvalue weighted by atomic mass is 9.91. The van der Waals surface area contributed by atoms with Crippen molar-refractivity contribution in [3.05, 3.63) is 231 Å². The van der Waals surface area contributed by atoms with E-state index in [-0.39, 0.29) is 0 Å². The molecule has 0 unspecified atom stereocenters. The van der Waals surface area contributed by atoms with Crippen LogP contribution in [-0.4, -0.2) is 9.97 Å². The first-order chi connectivity index (χ1) is 30.2. The molecule has 0 radical (unpaired) electrons. The van der Waals surface area contributed by atoms with Crippen molar-refractivity contribution in [2.45, 2.75) is 0 Å². The highest BCUT2D eigenvalue weighted by Gasteiger charge is 2.19. The summed E-state index contributed by atoms with van der Waals surface area (Å²) in [5, 5.41) is 1.91. The van der Waals surface area contributed by atoms with Crippen molar-refractivity contribution in [3.8, 4) is 89.4 Å². The molecule has 0 saturated heterocycles. The van der Waals surface area contributed by atoms with Crippen LogP contribution >= 0.6 is 0 Å². The zero-order chi connectivity index (χ0) is 40.5. The third-order valence-corrected chi connectivity index (χ3v) is 11.5. The number of para-hydroxylation sites is 1. The fraction of sp³-hybridized carbons (Fsp3) is 0. The lowest BCUT2D eigenvalue weighted by molar-refractivity contribution is 0.653. The Balaban J connectivity index is 1.00. The van der Waals surface area contributed by atoms with E-state index in [1.54, 1.807) is 0 Å². The Labute approximate surface area is 354 Å². The first-order valence-electron chi connectivity index (χ1n) is 20.6. The third-order valence-electron chi connectivity index (χ3n) is 11.5. The maximum atomic E-state index is 6.43. The molecule has 3 nitrogen and oxygen atoms in total. The highest BCUT2D eigenvalue weighted by molar-refractivity contribution is 6.10. The average molecular weight is 779 g/mol. The maximum absolute atomic E-state index is 6.43. The van der Waals surface area contributed by atoms with Crippen molar-refractivity contribution >= 4 is 22.1 Å². The Morgan fingerprint density at radius 3 is 1.15 bits per heavy atom. The second-order valence-electron chi connectivity index (χ2n) is 15.4. The van der Waals surface area contributed by atoms with Gasteiger partial charge in [0.15, 0.2) is 5.82 Å². The van der Waals surface area contributed by atoms with Crippen LogP contribution in [0.2, 0.25) is 0 Å². The summed E-state index contributed by atoms with van der Waals surface area (Å²) in [5.41, 5.74) is 18.0. The van der Waals surface area contributed by atoms with Gasteiger partial charge in [0.1, 0.15) is 5.58 Å². The average Bonchev–Trinajstić information content (AvgIpc) is 3.73. The molecule has 0 atom stereocenters. The molecule has 9 aromatic carbocycles. The van der Waals surface area contributed by atoms with E-state index in [9.17, 15) is 0 Å². The van der Waals surface area contributed by atoms with E-state index < -0.39 is 0 Å². The Hall–Kier alpha value is -8.14. The van der Waals surface area contributed by atoms with Crippen molar-refractivity contribution in [2.75, 3.05) is 0 Å². The minimum atomic E-state index is 0.571. The number of fused-ring (bicyclic) bond motifs is 3. The van der Waals surface area contributed by atoms with Gasteiger partial charge in [0.25, 0.3) is 0 Å². The van der Waals surface area contributed by atoms with Crippen molar-refractivity contribution < 1.29 is 4.42 Å². The van der Waals surface area contributed by atoms with Gasteiger partial charge in [-0.1, -0.05) is 182 Å². The van der Waals surface area contributed by atoms with Gasteiger partial charge in [0.05, 0.1) is 11.1 Å². The minimum absolute atomic E-state index is 0.571. The van der Waals surface area contributed by atoms with Gasteiger partial charge in [-0.3, -0.25) is 0 Å². The largest absolute Gasteiger partial charge is 0.438 e. The first kappa shape index (κ1) is 36.0. The van der Waals surface area contributed by atoms with Gasteiger partial charge < -0.3 is 4.42 Å². The Kier molecular flexibility index (Phi) is 9.18. The smallest absolute Gasteiger partial charge is 0.231 e. The number of nitrogens with zero attached hydrogens (tertiary/aromatic N) is 2. The van der Waals surface area contributed by atoms with Crippen LogP contribution in [0.5, 0.6) is 0 Å². The molecule has 11 rings (SSSR count). The predicted molar refractivity (Wildman–Crippen MR) is 253 cm³/mol. The van der Waals surface area contributed by atoms with Crippen molar-refractivity contribution in [3.63, 3.8) is 0 Å². The molecule has 0 spiro atoms. The summed E-state index contributed by atoms with van der Waals surface area (Å²) in [7, 11) is 0. The van der Waals surface area contributed by atoms with Crippen molar-refractivity contribution in [1.29, 1.82) is 0 Å². The molecule has 0 aliphatic rings. The maximum Gasteiger partial charge on any atom is 0.231 e. The summed E-state index contributed by atoms with van der Waals surface area (Å²) in [4.78, 5) is 10.4. The van der Waals surface area contributed by atoms with E-state index in [0.29, 0.717) is 11.5 Å². The molecule has 0 fully saturated rings.